The molecule has 1 saturated heterocycles. The minimum Gasteiger partial charge on any atom is -0.497 e. The fourth-order valence-electron chi connectivity index (χ4n) is 4.72. The predicted octanol–water partition coefficient (Wildman–Crippen LogP) is 6.75. The summed E-state index contributed by atoms with van der Waals surface area (Å²) in [5, 5.41) is 2.99. The fourth-order valence-corrected chi connectivity index (χ4v) is 4.72. The number of anilines is 2. The van der Waals surface area contributed by atoms with Gasteiger partial charge in [-0.2, -0.15) is 0 Å². The van der Waals surface area contributed by atoms with E-state index in [9.17, 15) is 14.0 Å². The minimum atomic E-state index is -0.606. The second kappa shape index (κ2) is 11.2. The second-order valence-corrected chi connectivity index (χ2v) is 9.03. The van der Waals surface area contributed by atoms with Gasteiger partial charge in [-0.25, -0.2) is 4.39 Å². The Balaban J connectivity index is 1.40. The van der Waals surface area contributed by atoms with Crippen molar-refractivity contribution in [3.63, 3.8) is 0 Å². The van der Waals surface area contributed by atoms with E-state index in [-0.39, 0.29) is 24.1 Å². The van der Waals surface area contributed by atoms with Crippen LogP contribution >= 0.6 is 0 Å². The number of hydrogen-bond acceptors (Lipinski definition) is 4. The van der Waals surface area contributed by atoms with Crippen molar-refractivity contribution in [2.24, 2.45) is 5.92 Å². The maximum absolute atomic E-state index is 13.8. The molecule has 0 radical (unpaired) electrons. The van der Waals surface area contributed by atoms with Gasteiger partial charge in [0.2, 0.25) is 11.8 Å². The highest BCUT2D eigenvalue weighted by Gasteiger charge is 2.41. The Bertz CT molecular complexity index is 1390. The van der Waals surface area contributed by atoms with Crippen molar-refractivity contribution in [2.45, 2.75) is 18.9 Å². The molecule has 7 heteroatoms. The molecule has 1 aliphatic rings. The fraction of sp³-hybridized carbons (Fsp3) is 0.161. The van der Waals surface area contributed by atoms with E-state index in [0.717, 1.165) is 5.75 Å². The van der Waals surface area contributed by atoms with Crippen LogP contribution in [0.3, 0.4) is 0 Å². The average molecular weight is 511 g/mol. The predicted molar refractivity (Wildman–Crippen MR) is 144 cm³/mol. The molecule has 2 atom stereocenters. The van der Waals surface area contributed by atoms with E-state index in [2.05, 4.69) is 5.32 Å². The molecule has 1 heterocycles. The lowest BCUT2D eigenvalue weighted by molar-refractivity contribution is -0.125. The van der Waals surface area contributed by atoms with Gasteiger partial charge in [0.25, 0.3) is 0 Å². The van der Waals surface area contributed by atoms with Crippen molar-refractivity contribution in [3.8, 4) is 17.2 Å². The third kappa shape index (κ3) is 5.52. The third-order valence-electron chi connectivity index (χ3n) is 6.60. The molecule has 0 aromatic heterocycles. The highest BCUT2D eigenvalue weighted by molar-refractivity contribution is 6.00. The maximum atomic E-state index is 13.8. The minimum absolute atomic E-state index is 0.101. The van der Waals surface area contributed by atoms with Crippen molar-refractivity contribution in [1.82, 2.24) is 0 Å². The van der Waals surface area contributed by atoms with Crippen LogP contribution in [0.25, 0.3) is 0 Å². The first-order chi connectivity index (χ1) is 18.5. The van der Waals surface area contributed by atoms with Crippen LogP contribution in [-0.2, 0) is 9.59 Å². The number of piperidine rings is 1. The number of carbonyl (C=O) groups is 2. The Morgan fingerprint density at radius 1 is 0.842 bits per heavy atom. The van der Waals surface area contributed by atoms with Crippen molar-refractivity contribution >= 4 is 23.2 Å². The van der Waals surface area contributed by atoms with Crippen molar-refractivity contribution in [3.05, 3.63) is 115 Å². The van der Waals surface area contributed by atoms with Crippen LogP contribution in [0.2, 0.25) is 0 Å². The molecule has 1 fully saturated rings. The highest BCUT2D eigenvalue weighted by Crippen LogP contribution is 2.41. The molecule has 4 aromatic carbocycles. The van der Waals surface area contributed by atoms with E-state index >= 15 is 0 Å². The Hall–Kier alpha value is -4.65. The van der Waals surface area contributed by atoms with E-state index in [1.807, 2.05) is 30.3 Å². The summed E-state index contributed by atoms with van der Waals surface area (Å²) in [6.45, 7) is 0. The molecule has 2 amide bonds. The second-order valence-electron chi connectivity index (χ2n) is 9.03. The summed E-state index contributed by atoms with van der Waals surface area (Å²) in [5.74, 6) is 0.763. The molecular weight excluding hydrogens is 483 g/mol. The van der Waals surface area contributed by atoms with E-state index in [1.165, 1.54) is 12.1 Å². The van der Waals surface area contributed by atoms with Gasteiger partial charge in [0.15, 0.2) is 0 Å². The molecule has 1 aliphatic heterocycles. The smallest absolute Gasteiger partial charge is 0.229 e. The largest absolute Gasteiger partial charge is 0.497 e. The lowest BCUT2D eigenvalue weighted by Crippen LogP contribution is -2.47. The highest BCUT2D eigenvalue weighted by atomic mass is 19.1. The number of ether oxygens (including phenoxy) is 2. The SMILES string of the molecule is COc1ccc(N2C(=O)CC[C@H](C(=O)Nc3ccc(Oc4ccccc4)cc3)[C@@H]2c2ccc(F)cc2)cc1. The molecule has 0 saturated carbocycles. The van der Waals surface area contributed by atoms with Crippen LogP contribution in [0.15, 0.2) is 103 Å². The summed E-state index contributed by atoms with van der Waals surface area (Å²) in [5.41, 5.74) is 1.94. The molecule has 0 unspecified atom stereocenters. The monoisotopic (exact) mass is 510 g/mol. The Labute approximate surface area is 220 Å². The number of para-hydroxylation sites is 1. The van der Waals surface area contributed by atoms with E-state index in [4.69, 9.17) is 9.47 Å². The molecular formula is C31H27FN2O4. The summed E-state index contributed by atoms with van der Waals surface area (Å²) in [6, 6.07) is 29.0. The topological polar surface area (TPSA) is 67.9 Å². The zero-order valence-electron chi connectivity index (χ0n) is 20.8. The van der Waals surface area contributed by atoms with E-state index < -0.39 is 12.0 Å². The summed E-state index contributed by atoms with van der Waals surface area (Å²) in [4.78, 5) is 28.4. The van der Waals surface area contributed by atoms with Crippen LogP contribution in [0, 0.1) is 11.7 Å². The molecule has 0 spiro atoms. The van der Waals surface area contributed by atoms with Gasteiger partial charge in [0.1, 0.15) is 23.1 Å². The van der Waals surface area contributed by atoms with Crippen molar-refractivity contribution in [1.29, 1.82) is 0 Å². The number of benzene rings is 4. The van der Waals surface area contributed by atoms with Gasteiger partial charge in [-0.3, -0.25) is 9.59 Å². The number of methoxy groups -OCH3 is 1. The molecule has 6 nitrogen and oxygen atoms in total. The first kappa shape index (κ1) is 25.0. The number of rotatable bonds is 7. The molecule has 192 valence electrons. The summed E-state index contributed by atoms with van der Waals surface area (Å²) in [6.07, 6.45) is 0.584. The zero-order chi connectivity index (χ0) is 26.5. The number of nitrogens with one attached hydrogen (secondary N) is 1. The first-order valence-electron chi connectivity index (χ1n) is 12.4. The van der Waals surface area contributed by atoms with Gasteiger partial charge in [-0.05, 0) is 84.8 Å². The molecule has 38 heavy (non-hydrogen) atoms. The number of amides is 2. The van der Waals surface area contributed by atoms with E-state index in [1.54, 1.807) is 72.7 Å². The molecule has 0 bridgehead atoms. The normalized spacial score (nSPS) is 17.1. The Morgan fingerprint density at radius 3 is 2.13 bits per heavy atom. The van der Waals surface area contributed by atoms with Gasteiger partial charge >= 0.3 is 0 Å². The summed E-state index contributed by atoms with van der Waals surface area (Å²) in [7, 11) is 1.57. The molecule has 5 rings (SSSR count). The van der Waals surface area contributed by atoms with Gasteiger partial charge in [-0.15, -0.1) is 0 Å². The summed E-state index contributed by atoms with van der Waals surface area (Å²) < 4.78 is 24.9. The van der Waals surface area contributed by atoms with E-state index in [0.29, 0.717) is 34.9 Å². The number of hydrogen-bond donors (Lipinski definition) is 1. The van der Waals surface area contributed by atoms with Crippen LogP contribution in [0.5, 0.6) is 17.2 Å². The third-order valence-corrected chi connectivity index (χ3v) is 6.60. The van der Waals surface area contributed by atoms with Gasteiger partial charge in [-0.1, -0.05) is 30.3 Å². The zero-order valence-corrected chi connectivity index (χ0v) is 20.8. The standard InChI is InChI=1S/C31H27FN2O4/c1-37-25-17-13-24(14-18-25)34-29(35)20-19-28(30(34)21-7-9-22(32)10-8-21)31(36)33-23-11-15-27(16-12-23)38-26-5-3-2-4-6-26/h2-18,28,30H,19-20H2,1H3,(H,33,36)/t28-,30-/m0/s1. The van der Waals surface area contributed by atoms with Gasteiger partial charge in [0, 0.05) is 17.8 Å². The maximum Gasteiger partial charge on any atom is 0.229 e. The molecule has 4 aromatic rings. The van der Waals surface area contributed by atoms with Crippen LogP contribution in [0.4, 0.5) is 15.8 Å². The van der Waals surface area contributed by atoms with Crippen molar-refractivity contribution in [2.75, 3.05) is 17.3 Å². The van der Waals surface area contributed by atoms with Crippen LogP contribution in [-0.4, -0.2) is 18.9 Å². The first-order valence-corrected chi connectivity index (χ1v) is 12.4. The Kier molecular flexibility index (Phi) is 7.35. The number of carbonyl (C=O) groups excluding carboxylic acids is 2. The number of halogens is 1. The quantitative estimate of drug-likeness (QED) is 0.299. The lowest BCUT2D eigenvalue weighted by Gasteiger charge is -2.41. The van der Waals surface area contributed by atoms with Crippen LogP contribution < -0.4 is 19.7 Å². The lowest BCUT2D eigenvalue weighted by atomic mass is 9.83. The molecule has 1 N–H and O–H groups in total. The van der Waals surface area contributed by atoms with Crippen LogP contribution in [0.1, 0.15) is 24.4 Å². The summed E-state index contributed by atoms with van der Waals surface area (Å²) >= 11 is 0. The van der Waals surface area contributed by atoms with Gasteiger partial charge < -0.3 is 19.7 Å². The van der Waals surface area contributed by atoms with Gasteiger partial charge in [0.05, 0.1) is 19.1 Å². The van der Waals surface area contributed by atoms with Crippen molar-refractivity contribution < 1.29 is 23.5 Å². The average Bonchev–Trinajstić information content (AvgIpc) is 2.95. The Morgan fingerprint density at radius 2 is 1.47 bits per heavy atom. The molecule has 0 aliphatic carbocycles. The number of nitrogens with zero attached hydrogens (tertiary/aromatic N) is 1.